The number of carbonyl (C=O) groups excluding carboxylic acids is 1. The zero-order chi connectivity index (χ0) is 10.7. The maximum atomic E-state index is 12.1. The Labute approximate surface area is 107 Å². The minimum absolute atomic E-state index is 0. The first-order chi connectivity index (χ1) is 7.29. The highest BCUT2D eigenvalue weighted by atomic mass is 35.5. The van der Waals surface area contributed by atoms with Gasteiger partial charge in [-0.1, -0.05) is 12.1 Å². The number of nitrogens with zero attached hydrogens (tertiary/aromatic N) is 1. The first kappa shape index (κ1) is 13.4. The third kappa shape index (κ3) is 2.90. The molecule has 0 bridgehead atoms. The lowest BCUT2D eigenvalue weighted by molar-refractivity contribution is 0.0732. The Kier molecular flexibility index (Phi) is 5.12. The van der Waals surface area contributed by atoms with Crippen LogP contribution in [0.4, 0.5) is 0 Å². The molecule has 88 valence electrons. The average molecular weight is 259 g/mol. The number of benzene rings is 1. The summed E-state index contributed by atoms with van der Waals surface area (Å²) in [5, 5.41) is 3.22. The van der Waals surface area contributed by atoms with E-state index in [0.29, 0.717) is 5.56 Å². The van der Waals surface area contributed by atoms with Crippen molar-refractivity contribution in [2.45, 2.75) is 4.90 Å². The molecule has 1 aromatic carbocycles. The molecule has 0 atom stereocenters. The van der Waals surface area contributed by atoms with Crippen molar-refractivity contribution in [2.24, 2.45) is 0 Å². The molecule has 1 fully saturated rings. The smallest absolute Gasteiger partial charge is 0.255 e. The van der Waals surface area contributed by atoms with Gasteiger partial charge in [0.15, 0.2) is 0 Å². The number of halogens is 1. The predicted octanol–water partition coefficient (Wildman–Crippen LogP) is 1.44. The van der Waals surface area contributed by atoms with Crippen molar-refractivity contribution in [1.29, 1.82) is 0 Å². The molecule has 1 N–H and O–H groups in total. The lowest BCUT2D eigenvalue weighted by Crippen LogP contribution is -2.46. The monoisotopic (exact) mass is 258 g/mol. The molecule has 3 nitrogen and oxygen atoms in total. The molecule has 5 heteroatoms. The van der Waals surface area contributed by atoms with E-state index in [1.807, 2.05) is 29.2 Å². The largest absolute Gasteiger partial charge is 0.336 e. The normalized spacial score (nSPS) is 15.4. The van der Waals surface area contributed by atoms with Crippen molar-refractivity contribution in [3.63, 3.8) is 0 Å². The Balaban J connectivity index is 0.00000128. The van der Waals surface area contributed by atoms with Crippen molar-refractivity contribution in [3.05, 3.63) is 29.8 Å². The van der Waals surface area contributed by atoms with E-state index in [1.165, 1.54) is 0 Å². The highest BCUT2D eigenvalue weighted by Gasteiger charge is 2.18. The van der Waals surface area contributed by atoms with Crippen LogP contribution in [0.25, 0.3) is 0 Å². The van der Waals surface area contributed by atoms with Crippen LogP contribution in [-0.4, -0.2) is 37.0 Å². The number of carbonyl (C=O) groups is 1. The van der Waals surface area contributed by atoms with Crippen LogP contribution in [0.15, 0.2) is 29.2 Å². The van der Waals surface area contributed by atoms with Gasteiger partial charge >= 0.3 is 0 Å². The van der Waals surface area contributed by atoms with E-state index in [0.717, 1.165) is 31.1 Å². The highest BCUT2D eigenvalue weighted by molar-refractivity contribution is 7.80. The minimum Gasteiger partial charge on any atom is -0.336 e. The van der Waals surface area contributed by atoms with E-state index in [-0.39, 0.29) is 18.3 Å². The number of thiol groups is 1. The van der Waals surface area contributed by atoms with E-state index >= 15 is 0 Å². The summed E-state index contributed by atoms with van der Waals surface area (Å²) in [6.45, 7) is 3.31. The number of hydrogen-bond donors (Lipinski definition) is 2. The van der Waals surface area contributed by atoms with Gasteiger partial charge in [0.25, 0.3) is 5.91 Å². The van der Waals surface area contributed by atoms with E-state index in [1.54, 1.807) is 0 Å². The molecule has 2 rings (SSSR count). The fraction of sp³-hybridized carbons (Fsp3) is 0.364. The number of nitrogens with one attached hydrogen (secondary N) is 1. The van der Waals surface area contributed by atoms with Gasteiger partial charge < -0.3 is 10.2 Å². The van der Waals surface area contributed by atoms with Crippen LogP contribution >= 0.6 is 25.0 Å². The second-order valence-corrected chi connectivity index (χ2v) is 4.04. The van der Waals surface area contributed by atoms with Crippen molar-refractivity contribution >= 4 is 30.9 Å². The molecule has 1 aromatic rings. The van der Waals surface area contributed by atoms with Gasteiger partial charge in [-0.15, -0.1) is 25.0 Å². The van der Waals surface area contributed by atoms with Crippen LogP contribution in [0.5, 0.6) is 0 Å². The van der Waals surface area contributed by atoms with E-state index in [4.69, 9.17) is 0 Å². The summed E-state index contributed by atoms with van der Waals surface area (Å²) in [7, 11) is 0. The molecule has 0 saturated carbocycles. The van der Waals surface area contributed by atoms with Crippen LogP contribution in [0, 0.1) is 0 Å². The maximum Gasteiger partial charge on any atom is 0.255 e. The van der Waals surface area contributed by atoms with Crippen molar-refractivity contribution < 1.29 is 4.79 Å². The summed E-state index contributed by atoms with van der Waals surface area (Å²) in [6, 6.07) is 7.43. The highest BCUT2D eigenvalue weighted by Crippen LogP contribution is 2.15. The van der Waals surface area contributed by atoms with Gasteiger partial charge in [-0.2, -0.15) is 0 Å². The van der Waals surface area contributed by atoms with Crippen molar-refractivity contribution in [3.8, 4) is 0 Å². The predicted molar refractivity (Wildman–Crippen MR) is 69.7 cm³/mol. The fourth-order valence-corrected chi connectivity index (χ4v) is 1.95. The van der Waals surface area contributed by atoms with Crippen LogP contribution in [0.1, 0.15) is 10.4 Å². The Morgan fingerprint density at radius 1 is 1.25 bits per heavy atom. The molecule has 0 unspecified atom stereocenters. The molecule has 1 aliphatic rings. The summed E-state index contributed by atoms with van der Waals surface area (Å²) >= 11 is 4.29. The van der Waals surface area contributed by atoms with Crippen LogP contribution in [0.2, 0.25) is 0 Å². The van der Waals surface area contributed by atoms with Crippen molar-refractivity contribution in [2.75, 3.05) is 26.2 Å². The van der Waals surface area contributed by atoms with Crippen molar-refractivity contribution in [1.82, 2.24) is 10.2 Å². The van der Waals surface area contributed by atoms with E-state index in [9.17, 15) is 4.79 Å². The average Bonchev–Trinajstić information content (AvgIpc) is 2.30. The lowest BCUT2D eigenvalue weighted by Gasteiger charge is -2.27. The summed E-state index contributed by atoms with van der Waals surface area (Å²) in [5.41, 5.74) is 0.697. The van der Waals surface area contributed by atoms with E-state index in [2.05, 4.69) is 17.9 Å². The second-order valence-electron chi connectivity index (χ2n) is 3.56. The fourth-order valence-electron chi connectivity index (χ4n) is 1.69. The van der Waals surface area contributed by atoms with Crippen LogP contribution in [-0.2, 0) is 0 Å². The van der Waals surface area contributed by atoms with Gasteiger partial charge in [0.2, 0.25) is 0 Å². The quantitative estimate of drug-likeness (QED) is 0.748. The second kappa shape index (κ2) is 6.13. The third-order valence-electron chi connectivity index (χ3n) is 2.54. The summed E-state index contributed by atoms with van der Waals surface area (Å²) in [4.78, 5) is 14.7. The zero-order valence-electron chi connectivity index (χ0n) is 8.85. The van der Waals surface area contributed by atoms with Gasteiger partial charge in [-0.05, 0) is 12.1 Å². The van der Waals surface area contributed by atoms with Gasteiger partial charge in [-0.3, -0.25) is 4.79 Å². The standard InChI is InChI=1S/C11H14N2OS.ClH/c14-11(13-7-5-12-6-8-13)9-3-1-2-4-10(9)15;/h1-4,12,15H,5-8H2;1H. The number of piperazine rings is 1. The first-order valence-corrected chi connectivity index (χ1v) is 5.52. The molecule has 1 aliphatic heterocycles. The van der Waals surface area contributed by atoms with Gasteiger partial charge in [0.1, 0.15) is 0 Å². The Morgan fingerprint density at radius 3 is 2.50 bits per heavy atom. The number of hydrogen-bond acceptors (Lipinski definition) is 3. The SMILES string of the molecule is Cl.O=C(c1ccccc1S)N1CCNCC1. The van der Waals surface area contributed by atoms with Gasteiger partial charge in [0, 0.05) is 31.1 Å². The molecule has 1 heterocycles. The van der Waals surface area contributed by atoms with Gasteiger partial charge in [-0.25, -0.2) is 0 Å². The molecular weight excluding hydrogens is 244 g/mol. The summed E-state index contributed by atoms with van der Waals surface area (Å²) < 4.78 is 0. The van der Waals surface area contributed by atoms with Gasteiger partial charge in [0.05, 0.1) is 5.56 Å². The first-order valence-electron chi connectivity index (χ1n) is 5.07. The summed E-state index contributed by atoms with van der Waals surface area (Å²) in [5.74, 6) is 0.0853. The molecule has 0 aromatic heterocycles. The molecule has 0 aliphatic carbocycles. The lowest BCUT2D eigenvalue weighted by atomic mass is 10.2. The number of amides is 1. The molecule has 0 spiro atoms. The minimum atomic E-state index is 0. The zero-order valence-corrected chi connectivity index (χ0v) is 10.6. The Morgan fingerprint density at radius 2 is 1.88 bits per heavy atom. The maximum absolute atomic E-state index is 12.1. The molecule has 1 saturated heterocycles. The Bertz CT molecular complexity index is 367. The topological polar surface area (TPSA) is 32.3 Å². The molecule has 16 heavy (non-hydrogen) atoms. The third-order valence-corrected chi connectivity index (χ3v) is 2.93. The van der Waals surface area contributed by atoms with Crippen LogP contribution < -0.4 is 5.32 Å². The number of rotatable bonds is 1. The molecule has 0 radical (unpaired) electrons. The van der Waals surface area contributed by atoms with Crippen LogP contribution in [0.3, 0.4) is 0 Å². The summed E-state index contributed by atoms with van der Waals surface area (Å²) in [6.07, 6.45) is 0. The molecular formula is C11H15ClN2OS. The Hall–Kier alpha value is -0.710. The van der Waals surface area contributed by atoms with E-state index < -0.39 is 0 Å². The molecule has 1 amide bonds.